The normalized spacial score (nSPS) is 15.3. The molecule has 3 N–H and O–H groups in total. The molecule has 0 fully saturated rings. The molecule has 7 nitrogen and oxygen atoms in total. The van der Waals surface area contributed by atoms with Crippen molar-refractivity contribution in [1.82, 2.24) is 14.4 Å². The van der Waals surface area contributed by atoms with Crippen molar-refractivity contribution in [2.45, 2.75) is 12.3 Å². The van der Waals surface area contributed by atoms with Crippen LogP contribution in [0.5, 0.6) is 0 Å². The molecule has 3 heterocycles. The number of fused-ring (bicyclic) bond motifs is 2. The van der Waals surface area contributed by atoms with Gasteiger partial charge in [0.25, 0.3) is 0 Å². The number of amides is 1. The zero-order chi connectivity index (χ0) is 21.5. The third-order valence-electron chi connectivity index (χ3n) is 5.57. The molecule has 0 spiro atoms. The van der Waals surface area contributed by atoms with Gasteiger partial charge in [0, 0.05) is 29.6 Å². The summed E-state index contributed by atoms with van der Waals surface area (Å²) in [6.45, 7) is 0.581. The quantitative estimate of drug-likeness (QED) is 0.497. The van der Waals surface area contributed by atoms with E-state index in [4.69, 9.17) is 5.73 Å². The van der Waals surface area contributed by atoms with Crippen molar-refractivity contribution in [3.05, 3.63) is 83.7 Å². The fourth-order valence-corrected chi connectivity index (χ4v) is 3.98. The lowest BCUT2D eigenvalue weighted by Crippen LogP contribution is -2.24. The third-order valence-corrected chi connectivity index (χ3v) is 5.57. The van der Waals surface area contributed by atoms with Gasteiger partial charge in [-0.15, -0.1) is 0 Å². The number of aromatic nitrogens is 3. The molecule has 1 amide bonds. The number of hydrogen-bond donors (Lipinski definition) is 2. The number of imidazole rings is 1. The average Bonchev–Trinajstić information content (AvgIpc) is 3.21. The minimum Gasteiger partial charge on any atom is -0.385 e. The molecule has 0 saturated heterocycles. The van der Waals surface area contributed by atoms with Crippen LogP contribution in [-0.4, -0.2) is 32.6 Å². The predicted molar refractivity (Wildman–Crippen MR) is 114 cm³/mol. The van der Waals surface area contributed by atoms with Gasteiger partial charge in [0.05, 0.1) is 24.0 Å². The summed E-state index contributed by atoms with van der Waals surface area (Å²) < 4.78 is 15.4. The summed E-state index contributed by atoms with van der Waals surface area (Å²) in [5.41, 5.74) is 9.62. The number of nitrogens with two attached hydrogens (primary N) is 1. The van der Waals surface area contributed by atoms with Gasteiger partial charge < -0.3 is 11.1 Å². The highest BCUT2D eigenvalue weighted by atomic mass is 19.1. The van der Waals surface area contributed by atoms with E-state index in [9.17, 15) is 14.0 Å². The van der Waals surface area contributed by atoms with Gasteiger partial charge in [-0.1, -0.05) is 18.2 Å². The second-order valence-corrected chi connectivity index (χ2v) is 7.45. The van der Waals surface area contributed by atoms with Crippen molar-refractivity contribution in [2.24, 2.45) is 5.73 Å². The SMILES string of the molecule is NC(=O)c1ccc(-c2cnc3cnc(C(=O)C4CCNc5cc(F)ccc54)cn23)cc1. The first-order valence-corrected chi connectivity index (χ1v) is 9.82. The first-order valence-electron chi connectivity index (χ1n) is 9.82. The van der Waals surface area contributed by atoms with Crippen molar-refractivity contribution in [3.8, 4) is 11.3 Å². The van der Waals surface area contributed by atoms with Crippen LogP contribution in [0.4, 0.5) is 10.1 Å². The van der Waals surface area contributed by atoms with Crippen LogP contribution in [-0.2, 0) is 0 Å². The largest absolute Gasteiger partial charge is 0.385 e. The van der Waals surface area contributed by atoms with Crippen LogP contribution in [0.15, 0.2) is 61.1 Å². The van der Waals surface area contributed by atoms with Crippen LogP contribution >= 0.6 is 0 Å². The summed E-state index contributed by atoms with van der Waals surface area (Å²) >= 11 is 0. The van der Waals surface area contributed by atoms with E-state index in [0.717, 1.165) is 16.8 Å². The molecule has 1 aliphatic rings. The van der Waals surface area contributed by atoms with E-state index < -0.39 is 11.8 Å². The second-order valence-electron chi connectivity index (χ2n) is 7.45. The average molecular weight is 415 g/mol. The van der Waals surface area contributed by atoms with Crippen molar-refractivity contribution in [2.75, 3.05) is 11.9 Å². The van der Waals surface area contributed by atoms with Gasteiger partial charge in [0.1, 0.15) is 11.5 Å². The summed E-state index contributed by atoms with van der Waals surface area (Å²) in [5, 5.41) is 3.15. The highest BCUT2D eigenvalue weighted by Gasteiger charge is 2.29. The Bertz CT molecular complexity index is 1330. The lowest BCUT2D eigenvalue weighted by molar-refractivity contribution is 0.0948. The Hall–Kier alpha value is -4.07. The maximum atomic E-state index is 13.6. The number of ketones is 1. The molecule has 31 heavy (non-hydrogen) atoms. The van der Waals surface area contributed by atoms with Gasteiger partial charge in [-0.2, -0.15) is 0 Å². The lowest BCUT2D eigenvalue weighted by Gasteiger charge is -2.25. The third kappa shape index (κ3) is 3.31. The summed E-state index contributed by atoms with van der Waals surface area (Å²) in [5.74, 6) is -1.36. The van der Waals surface area contributed by atoms with E-state index in [0.29, 0.717) is 35.6 Å². The van der Waals surface area contributed by atoms with Crippen molar-refractivity contribution in [3.63, 3.8) is 0 Å². The Labute approximate surface area is 176 Å². The molecule has 1 unspecified atom stereocenters. The molecule has 5 rings (SSSR count). The number of primary amides is 1. The number of rotatable bonds is 4. The number of anilines is 1. The maximum Gasteiger partial charge on any atom is 0.248 e. The topological polar surface area (TPSA) is 102 Å². The molecule has 0 aliphatic carbocycles. The van der Waals surface area contributed by atoms with Crippen LogP contribution in [0.1, 0.15) is 38.7 Å². The highest BCUT2D eigenvalue weighted by molar-refractivity contribution is 6.00. The molecule has 2 aromatic heterocycles. The molecule has 1 aliphatic heterocycles. The first kappa shape index (κ1) is 18.9. The Balaban J connectivity index is 1.53. The van der Waals surface area contributed by atoms with E-state index in [1.54, 1.807) is 53.3 Å². The predicted octanol–water partition coefficient (Wildman–Crippen LogP) is 3.42. The molecule has 1 atom stereocenters. The summed E-state index contributed by atoms with van der Waals surface area (Å²) in [6.07, 6.45) is 5.52. The van der Waals surface area contributed by atoms with E-state index in [1.165, 1.54) is 12.1 Å². The van der Waals surface area contributed by atoms with Crippen LogP contribution < -0.4 is 11.1 Å². The molecular weight excluding hydrogens is 397 g/mol. The molecule has 0 saturated carbocycles. The van der Waals surface area contributed by atoms with Crippen LogP contribution in [0.25, 0.3) is 16.9 Å². The van der Waals surface area contributed by atoms with Crippen molar-refractivity contribution >= 4 is 23.0 Å². The molecule has 8 heteroatoms. The van der Waals surface area contributed by atoms with E-state index in [2.05, 4.69) is 15.3 Å². The number of nitrogens with one attached hydrogen (secondary N) is 1. The second kappa shape index (κ2) is 7.32. The number of nitrogens with zero attached hydrogens (tertiary/aromatic N) is 3. The monoisotopic (exact) mass is 415 g/mol. The number of Topliss-reactive ketones (excluding diaryl/α,β-unsaturated/α-hetero) is 1. The fraction of sp³-hybridized carbons (Fsp3) is 0.130. The summed E-state index contributed by atoms with van der Waals surface area (Å²) in [7, 11) is 0. The summed E-state index contributed by atoms with van der Waals surface area (Å²) in [6, 6.07) is 11.3. The van der Waals surface area contributed by atoms with Gasteiger partial charge >= 0.3 is 0 Å². The molecule has 154 valence electrons. The van der Waals surface area contributed by atoms with Crippen molar-refractivity contribution < 1.29 is 14.0 Å². The van der Waals surface area contributed by atoms with Gasteiger partial charge in [-0.3, -0.25) is 14.0 Å². The minimum absolute atomic E-state index is 0.125. The first-order chi connectivity index (χ1) is 15.0. The van der Waals surface area contributed by atoms with E-state index >= 15 is 0 Å². The Kier molecular flexibility index (Phi) is 4.47. The number of carbonyl (C=O) groups excluding carboxylic acids is 2. The number of benzene rings is 2. The lowest BCUT2D eigenvalue weighted by atomic mass is 9.86. The number of hydrogen-bond acceptors (Lipinski definition) is 5. The maximum absolute atomic E-state index is 13.6. The van der Waals surface area contributed by atoms with Crippen LogP contribution in [0.2, 0.25) is 0 Å². The Morgan fingerprint density at radius 2 is 1.90 bits per heavy atom. The zero-order valence-corrected chi connectivity index (χ0v) is 16.4. The van der Waals surface area contributed by atoms with Gasteiger partial charge in [0.15, 0.2) is 11.4 Å². The molecule has 4 aromatic rings. The standard InChI is InChI=1S/C23H18FN5O2/c24-15-5-6-16-17(7-8-26-18(16)9-15)22(30)19-12-29-20(10-28-21(29)11-27-19)13-1-3-14(4-2-13)23(25)31/h1-6,9-12,17,26H,7-8H2,(H2,25,31). The van der Waals surface area contributed by atoms with Gasteiger partial charge in [-0.05, 0) is 36.2 Å². The minimum atomic E-state index is -0.496. The summed E-state index contributed by atoms with van der Waals surface area (Å²) in [4.78, 5) is 33.3. The van der Waals surface area contributed by atoms with Crippen LogP contribution in [0.3, 0.4) is 0 Å². The Morgan fingerprint density at radius 3 is 2.68 bits per heavy atom. The van der Waals surface area contributed by atoms with Gasteiger partial charge in [-0.25, -0.2) is 14.4 Å². The number of halogens is 1. The molecule has 2 aromatic carbocycles. The van der Waals surface area contributed by atoms with Crippen molar-refractivity contribution in [1.29, 1.82) is 0 Å². The number of carbonyl (C=O) groups is 2. The van der Waals surface area contributed by atoms with Crippen LogP contribution in [0, 0.1) is 5.82 Å². The molecule has 0 bridgehead atoms. The molecular formula is C23H18FN5O2. The smallest absolute Gasteiger partial charge is 0.248 e. The fourth-order valence-electron chi connectivity index (χ4n) is 3.98. The zero-order valence-electron chi connectivity index (χ0n) is 16.4. The van der Waals surface area contributed by atoms with Gasteiger partial charge in [0.2, 0.25) is 5.91 Å². The van der Waals surface area contributed by atoms with E-state index in [-0.39, 0.29) is 11.6 Å². The highest BCUT2D eigenvalue weighted by Crippen LogP contribution is 2.34. The molecule has 0 radical (unpaired) electrons. The van der Waals surface area contributed by atoms with E-state index in [1.807, 2.05) is 0 Å². The Morgan fingerprint density at radius 1 is 1.10 bits per heavy atom.